The van der Waals surface area contributed by atoms with E-state index in [1.54, 1.807) is 0 Å². The normalized spacial score (nSPS) is 10.5. The van der Waals surface area contributed by atoms with E-state index in [-0.39, 0.29) is 21.8 Å². The molecule has 1 aromatic heterocycles. The molecule has 0 spiro atoms. The number of hydrogen-bond donors (Lipinski definition) is 1. The molecule has 3 aromatic rings. The van der Waals surface area contributed by atoms with Gasteiger partial charge in [0.1, 0.15) is 17.7 Å². The van der Waals surface area contributed by atoms with Crippen LogP contribution in [0.4, 0.5) is 4.39 Å². The molecule has 0 fully saturated rings. The molecule has 0 unspecified atom stereocenters. The first kappa shape index (κ1) is 15.3. The van der Waals surface area contributed by atoms with Crippen molar-refractivity contribution in [2.45, 2.75) is 0 Å². The fourth-order valence-electron chi connectivity index (χ4n) is 2.21. The minimum atomic E-state index is -1.26. The van der Waals surface area contributed by atoms with Crippen LogP contribution in [-0.4, -0.2) is 26.6 Å². The maximum Gasteiger partial charge on any atom is 0.336 e. The van der Waals surface area contributed by atoms with Crippen LogP contribution in [0.5, 0.6) is 0 Å². The molecular formula is C16H10FN3O4. The number of aromatic nitrogens is 3. The highest BCUT2D eigenvalue weighted by atomic mass is 19.1. The number of halogens is 1. The summed E-state index contributed by atoms with van der Waals surface area (Å²) in [4.78, 5) is 23.8. The van der Waals surface area contributed by atoms with Crippen LogP contribution in [0.3, 0.4) is 0 Å². The van der Waals surface area contributed by atoms with Crippen molar-refractivity contribution in [3.8, 4) is 5.69 Å². The van der Waals surface area contributed by atoms with E-state index in [1.807, 2.05) is 0 Å². The van der Waals surface area contributed by atoms with Crippen LogP contribution in [0, 0.1) is 11.0 Å². The molecule has 24 heavy (non-hydrogen) atoms. The molecule has 0 bridgehead atoms. The number of carbonyl (C=O) groups excluding carboxylic acids is 1. The zero-order chi connectivity index (χ0) is 17.3. The van der Waals surface area contributed by atoms with E-state index in [0.29, 0.717) is 5.69 Å². The Bertz CT molecular complexity index is 935. The third-order valence-corrected chi connectivity index (χ3v) is 3.35. The van der Waals surface area contributed by atoms with Crippen LogP contribution in [0.15, 0.2) is 54.7 Å². The molecule has 1 heterocycles. The Kier molecular flexibility index (Phi) is 3.78. The summed E-state index contributed by atoms with van der Waals surface area (Å²) >= 11 is 0. The molecule has 0 atom stereocenters. The highest BCUT2D eigenvalue weighted by Gasteiger charge is 2.24. The van der Waals surface area contributed by atoms with Gasteiger partial charge in [0.05, 0.1) is 5.56 Å². The van der Waals surface area contributed by atoms with Crippen molar-refractivity contribution in [1.82, 2.24) is 9.78 Å². The first-order valence-electron chi connectivity index (χ1n) is 6.80. The van der Waals surface area contributed by atoms with Crippen molar-refractivity contribution in [2.24, 2.45) is 0 Å². The number of rotatable bonds is 4. The SMILES string of the molecule is O=C(O)c1ccccc1C(=O)c1cn(-c2ccc(F)cc2)[n+]([O-])n1. The third-order valence-electron chi connectivity index (χ3n) is 3.35. The van der Waals surface area contributed by atoms with Gasteiger partial charge in [-0.15, -0.1) is 0 Å². The van der Waals surface area contributed by atoms with Gasteiger partial charge in [-0.05, 0) is 30.3 Å². The maximum absolute atomic E-state index is 13.0. The predicted molar refractivity (Wildman–Crippen MR) is 79.3 cm³/mol. The minimum Gasteiger partial charge on any atom is -0.571 e. The first-order valence-corrected chi connectivity index (χ1v) is 6.80. The summed E-state index contributed by atoms with van der Waals surface area (Å²) in [5.41, 5.74) is -0.168. The number of aromatic carboxylic acids is 1. The molecule has 8 heteroatoms. The summed E-state index contributed by atoms with van der Waals surface area (Å²) < 4.78 is 14.0. The van der Waals surface area contributed by atoms with Gasteiger partial charge >= 0.3 is 5.97 Å². The summed E-state index contributed by atoms with van der Waals surface area (Å²) in [6.45, 7) is 0. The van der Waals surface area contributed by atoms with Gasteiger partial charge in [-0.2, -0.15) is 0 Å². The number of nitrogens with zero attached hydrogens (tertiary/aromatic N) is 3. The molecule has 1 N–H and O–H groups in total. The number of carbonyl (C=O) groups is 2. The Labute approximate surface area is 134 Å². The van der Waals surface area contributed by atoms with Gasteiger partial charge in [0.25, 0.3) is 0 Å². The summed E-state index contributed by atoms with van der Waals surface area (Å²) in [5, 5.41) is 24.6. The van der Waals surface area contributed by atoms with Crippen LogP contribution < -0.4 is 4.96 Å². The lowest BCUT2D eigenvalue weighted by Gasteiger charge is -2.01. The lowest BCUT2D eigenvalue weighted by Crippen LogP contribution is -2.39. The van der Waals surface area contributed by atoms with Gasteiger partial charge in [0.15, 0.2) is 0 Å². The van der Waals surface area contributed by atoms with Gasteiger partial charge in [-0.25, -0.2) is 9.18 Å². The van der Waals surface area contributed by atoms with E-state index >= 15 is 0 Å². The highest BCUT2D eigenvalue weighted by Crippen LogP contribution is 2.14. The van der Waals surface area contributed by atoms with Gasteiger partial charge in [-0.1, -0.05) is 22.9 Å². The molecule has 0 radical (unpaired) electrons. The second-order valence-electron chi connectivity index (χ2n) is 4.87. The van der Waals surface area contributed by atoms with Crippen LogP contribution in [0.1, 0.15) is 26.4 Å². The Morgan fingerprint density at radius 1 is 1.08 bits per heavy atom. The molecule has 0 amide bonds. The summed E-state index contributed by atoms with van der Waals surface area (Å²) in [5.74, 6) is -2.42. The monoisotopic (exact) mass is 327 g/mol. The van der Waals surface area contributed by atoms with E-state index < -0.39 is 17.6 Å². The number of hydrogen-bond acceptors (Lipinski definition) is 4. The van der Waals surface area contributed by atoms with Crippen molar-refractivity contribution in [3.05, 3.63) is 82.6 Å². The molecule has 0 aliphatic rings. The molecule has 0 aliphatic heterocycles. The van der Waals surface area contributed by atoms with E-state index in [4.69, 9.17) is 5.11 Å². The van der Waals surface area contributed by atoms with Crippen LogP contribution in [0.2, 0.25) is 0 Å². The van der Waals surface area contributed by atoms with Crippen LogP contribution in [-0.2, 0) is 0 Å². The van der Waals surface area contributed by atoms with Gasteiger partial charge in [-0.3, -0.25) is 4.79 Å². The fourth-order valence-corrected chi connectivity index (χ4v) is 2.21. The Hall–Kier alpha value is -3.55. The molecule has 2 aromatic carbocycles. The van der Waals surface area contributed by atoms with Crippen molar-refractivity contribution in [3.63, 3.8) is 0 Å². The molecular weight excluding hydrogens is 317 g/mol. The number of carboxylic acids is 1. The van der Waals surface area contributed by atoms with Crippen molar-refractivity contribution in [2.75, 3.05) is 0 Å². The quantitative estimate of drug-likeness (QED) is 0.445. The number of ketones is 1. The Balaban J connectivity index is 2.03. The van der Waals surface area contributed by atoms with E-state index in [1.165, 1.54) is 42.6 Å². The zero-order valence-corrected chi connectivity index (χ0v) is 12.1. The molecule has 0 aliphatic carbocycles. The lowest BCUT2D eigenvalue weighted by atomic mass is 10.0. The first-order chi connectivity index (χ1) is 11.5. The third kappa shape index (κ3) is 2.72. The molecule has 7 nitrogen and oxygen atoms in total. The van der Waals surface area contributed by atoms with Gasteiger partial charge < -0.3 is 10.3 Å². The smallest absolute Gasteiger partial charge is 0.336 e. The molecule has 0 saturated carbocycles. The predicted octanol–water partition coefficient (Wildman–Crippen LogP) is 1.57. The fraction of sp³-hybridized carbons (Fsp3) is 0. The number of benzene rings is 2. The Morgan fingerprint density at radius 3 is 2.33 bits per heavy atom. The largest absolute Gasteiger partial charge is 0.571 e. The van der Waals surface area contributed by atoms with Gasteiger partial charge in [0.2, 0.25) is 11.5 Å². The van der Waals surface area contributed by atoms with Gasteiger partial charge in [0, 0.05) is 15.6 Å². The summed E-state index contributed by atoms with van der Waals surface area (Å²) in [7, 11) is 0. The van der Waals surface area contributed by atoms with Crippen LogP contribution >= 0.6 is 0 Å². The Morgan fingerprint density at radius 2 is 1.71 bits per heavy atom. The average molecular weight is 327 g/mol. The van der Waals surface area contributed by atoms with E-state index in [2.05, 4.69) is 5.10 Å². The average Bonchev–Trinajstić information content (AvgIpc) is 2.96. The highest BCUT2D eigenvalue weighted by molar-refractivity contribution is 6.13. The standard InChI is InChI=1S/C16H10FN3O4/c17-10-5-7-11(8-6-10)19-9-14(18-20(19)24)15(21)12-3-1-2-4-13(12)16(22)23/h1-9H,(H,22,23). The molecule has 0 saturated heterocycles. The molecule has 120 valence electrons. The lowest BCUT2D eigenvalue weighted by molar-refractivity contribution is -0.740. The van der Waals surface area contributed by atoms with Crippen LogP contribution in [0.25, 0.3) is 5.69 Å². The van der Waals surface area contributed by atoms with Crippen molar-refractivity contribution < 1.29 is 24.0 Å². The van der Waals surface area contributed by atoms with Crippen molar-refractivity contribution >= 4 is 11.8 Å². The minimum absolute atomic E-state index is 0.0747. The second kappa shape index (κ2) is 5.92. The summed E-state index contributed by atoms with van der Waals surface area (Å²) in [6.07, 6.45) is 1.17. The summed E-state index contributed by atoms with van der Waals surface area (Å²) in [6, 6.07) is 10.7. The van der Waals surface area contributed by atoms with E-state index in [0.717, 1.165) is 16.8 Å². The van der Waals surface area contributed by atoms with E-state index in [9.17, 15) is 19.2 Å². The topological polar surface area (TPSA) is 99.1 Å². The second-order valence-corrected chi connectivity index (χ2v) is 4.87. The number of carboxylic acid groups (broad SMARTS) is 1. The zero-order valence-electron chi connectivity index (χ0n) is 12.1. The maximum atomic E-state index is 13.0. The molecule has 3 rings (SSSR count). The van der Waals surface area contributed by atoms with Crippen molar-refractivity contribution in [1.29, 1.82) is 0 Å².